The van der Waals surface area contributed by atoms with E-state index in [1.165, 1.54) is 4.57 Å². The summed E-state index contributed by atoms with van der Waals surface area (Å²) in [5.74, 6) is 0.491. The molecule has 1 rings (SSSR count). The van der Waals surface area contributed by atoms with Gasteiger partial charge in [-0.05, 0) is 5.92 Å². The summed E-state index contributed by atoms with van der Waals surface area (Å²) in [7, 11) is 1.62. The van der Waals surface area contributed by atoms with Gasteiger partial charge in [-0.25, -0.2) is 0 Å². The van der Waals surface area contributed by atoms with Crippen LogP contribution in [0.4, 0.5) is 0 Å². The normalized spacial score (nSPS) is 10.9. The fourth-order valence-corrected chi connectivity index (χ4v) is 1.03. The molecule has 0 saturated carbocycles. The summed E-state index contributed by atoms with van der Waals surface area (Å²) < 4.78 is 1.36. The highest BCUT2D eigenvalue weighted by molar-refractivity contribution is 5.36. The highest BCUT2D eigenvalue weighted by Gasteiger charge is 2.12. The zero-order valence-corrected chi connectivity index (χ0v) is 7.00. The monoisotopic (exact) mass is 155 g/mol. The Morgan fingerprint density at radius 3 is 2.09 bits per heavy atom. The average molecular weight is 155 g/mol. The second-order valence-corrected chi connectivity index (χ2v) is 3.00. The first-order chi connectivity index (χ1) is 5.04. The summed E-state index contributed by atoms with van der Waals surface area (Å²) in [5, 5.41) is 18.6. The summed E-state index contributed by atoms with van der Waals surface area (Å²) in [6.07, 6.45) is 0. The highest BCUT2D eigenvalue weighted by atomic mass is 16.3. The molecule has 62 valence electrons. The van der Waals surface area contributed by atoms with Gasteiger partial charge in [0, 0.05) is 18.7 Å². The van der Waals surface area contributed by atoms with Crippen molar-refractivity contribution in [2.45, 2.75) is 19.8 Å². The van der Waals surface area contributed by atoms with Crippen LogP contribution >= 0.6 is 0 Å². The molecule has 0 aliphatic rings. The highest BCUT2D eigenvalue weighted by Crippen LogP contribution is 2.31. The van der Waals surface area contributed by atoms with Crippen LogP contribution in [0.2, 0.25) is 0 Å². The lowest BCUT2D eigenvalue weighted by molar-refractivity contribution is 0.384. The Morgan fingerprint density at radius 1 is 1.36 bits per heavy atom. The third kappa shape index (κ3) is 1.18. The predicted molar refractivity (Wildman–Crippen MR) is 42.8 cm³/mol. The molecule has 0 bridgehead atoms. The van der Waals surface area contributed by atoms with Crippen LogP contribution in [-0.4, -0.2) is 14.8 Å². The van der Waals surface area contributed by atoms with Crippen LogP contribution in [-0.2, 0) is 7.05 Å². The fraction of sp³-hybridized carbons (Fsp3) is 0.500. The Balaban J connectivity index is 3.19. The summed E-state index contributed by atoms with van der Waals surface area (Å²) in [5.41, 5.74) is 0.782. The van der Waals surface area contributed by atoms with E-state index >= 15 is 0 Å². The maximum atomic E-state index is 9.39. The van der Waals surface area contributed by atoms with Gasteiger partial charge in [0.05, 0.1) is 0 Å². The van der Waals surface area contributed by atoms with Crippen molar-refractivity contribution in [1.29, 1.82) is 0 Å². The minimum absolute atomic E-state index is 0.103. The Labute approximate surface area is 65.9 Å². The largest absolute Gasteiger partial charge is 0.494 e. The second kappa shape index (κ2) is 2.49. The molecule has 0 amide bonds. The molecule has 0 aromatic carbocycles. The fourth-order valence-electron chi connectivity index (χ4n) is 1.03. The van der Waals surface area contributed by atoms with Crippen molar-refractivity contribution < 1.29 is 10.2 Å². The van der Waals surface area contributed by atoms with Crippen molar-refractivity contribution in [1.82, 2.24) is 4.57 Å². The van der Waals surface area contributed by atoms with E-state index in [-0.39, 0.29) is 17.7 Å². The van der Waals surface area contributed by atoms with Crippen LogP contribution < -0.4 is 0 Å². The molecule has 0 aliphatic heterocycles. The van der Waals surface area contributed by atoms with Crippen LogP contribution in [0.5, 0.6) is 11.8 Å². The Bertz CT molecular complexity index is 263. The molecule has 0 atom stereocenters. The van der Waals surface area contributed by atoms with E-state index < -0.39 is 0 Å². The number of nitrogens with zero attached hydrogens (tertiary/aromatic N) is 1. The first kappa shape index (κ1) is 7.98. The summed E-state index contributed by atoms with van der Waals surface area (Å²) in [4.78, 5) is 0. The minimum atomic E-state index is 0.103. The smallest absolute Gasteiger partial charge is 0.197 e. The van der Waals surface area contributed by atoms with E-state index in [2.05, 4.69) is 0 Å². The molecule has 11 heavy (non-hydrogen) atoms. The van der Waals surface area contributed by atoms with Crippen LogP contribution in [0.15, 0.2) is 6.07 Å². The van der Waals surface area contributed by atoms with Crippen molar-refractivity contribution in [3.8, 4) is 11.8 Å². The van der Waals surface area contributed by atoms with E-state index in [1.54, 1.807) is 13.1 Å². The van der Waals surface area contributed by atoms with E-state index in [1.807, 2.05) is 13.8 Å². The molecule has 0 fully saturated rings. The molecular formula is C8H13NO2. The van der Waals surface area contributed by atoms with Gasteiger partial charge in [0.1, 0.15) is 0 Å². The van der Waals surface area contributed by atoms with Crippen LogP contribution in [0, 0.1) is 0 Å². The van der Waals surface area contributed by atoms with Crippen molar-refractivity contribution >= 4 is 0 Å². The van der Waals surface area contributed by atoms with Crippen molar-refractivity contribution in [2.24, 2.45) is 7.05 Å². The van der Waals surface area contributed by atoms with Gasteiger partial charge >= 0.3 is 0 Å². The van der Waals surface area contributed by atoms with Crippen LogP contribution in [0.1, 0.15) is 25.3 Å². The van der Waals surface area contributed by atoms with Gasteiger partial charge in [0.25, 0.3) is 0 Å². The average Bonchev–Trinajstić information content (AvgIpc) is 2.17. The van der Waals surface area contributed by atoms with Crippen LogP contribution in [0.3, 0.4) is 0 Å². The molecular weight excluding hydrogens is 142 g/mol. The molecule has 0 aliphatic carbocycles. The van der Waals surface area contributed by atoms with Crippen molar-refractivity contribution in [3.63, 3.8) is 0 Å². The van der Waals surface area contributed by atoms with Gasteiger partial charge < -0.3 is 10.2 Å². The lowest BCUT2D eigenvalue weighted by Gasteiger charge is -2.01. The van der Waals surface area contributed by atoms with Gasteiger partial charge in [-0.1, -0.05) is 13.8 Å². The van der Waals surface area contributed by atoms with E-state index in [0.717, 1.165) is 5.56 Å². The third-order valence-corrected chi connectivity index (χ3v) is 1.83. The Morgan fingerprint density at radius 2 is 1.91 bits per heavy atom. The summed E-state index contributed by atoms with van der Waals surface area (Å²) in [6, 6.07) is 1.58. The standard InChI is InChI=1S/C8H13NO2/c1-5(2)6-4-7(10)9(3)8(6)11/h4-5,10-11H,1-3H3. The number of aromatic nitrogens is 1. The van der Waals surface area contributed by atoms with Gasteiger partial charge in [0.2, 0.25) is 0 Å². The minimum Gasteiger partial charge on any atom is -0.494 e. The SMILES string of the molecule is CC(C)c1cc(O)n(C)c1O. The molecule has 0 saturated heterocycles. The topological polar surface area (TPSA) is 45.4 Å². The maximum absolute atomic E-state index is 9.39. The number of aromatic hydroxyl groups is 2. The zero-order valence-electron chi connectivity index (χ0n) is 7.00. The Kier molecular flexibility index (Phi) is 1.81. The van der Waals surface area contributed by atoms with Crippen LogP contribution in [0.25, 0.3) is 0 Å². The Hall–Kier alpha value is -1.12. The molecule has 0 spiro atoms. The van der Waals surface area contributed by atoms with Crippen molar-refractivity contribution in [3.05, 3.63) is 11.6 Å². The molecule has 0 unspecified atom stereocenters. The first-order valence-electron chi connectivity index (χ1n) is 3.61. The third-order valence-electron chi connectivity index (χ3n) is 1.83. The van der Waals surface area contributed by atoms with Gasteiger partial charge in [-0.3, -0.25) is 4.57 Å². The van der Waals surface area contributed by atoms with Crippen molar-refractivity contribution in [2.75, 3.05) is 0 Å². The number of hydrogen-bond acceptors (Lipinski definition) is 2. The molecule has 1 aromatic heterocycles. The quantitative estimate of drug-likeness (QED) is 0.646. The van der Waals surface area contributed by atoms with E-state index in [4.69, 9.17) is 0 Å². The second-order valence-electron chi connectivity index (χ2n) is 3.00. The molecule has 1 heterocycles. The van der Waals surface area contributed by atoms with E-state index in [9.17, 15) is 10.2 Å². The zero-order chi connectivity index (χ0) is 8.59. The predicted octanol–water partition coefficient (Wildman–Crippen LogP) is 1.56. The lowest BCUT2D eigenvalue weighted by atomic mass is 10.1. The summed E-state index contributed by atoms with van der Waals surface area (Å²) >= 11 is 0. The number of rotatable bonds is 1. The number of hydrogen-bond donors (Lipinski definition) is 2. The molecule has 3 nitrogen and oxygen atoms in total. The van der Waals surface area contributed by atoms with Gasteiger partial charge in [-0.15, -0.1) is 0 Å². The molecule has 3 heteroatoms. The first-order valence-corrected chi connectivity index (χ1v) is 3.61. The summed E-state index contributed by atoms with van der Waals surface area (Å²) in [6.45, 7) is 3.93. The molecule has 0 radical (unpaired) electrons. The molecule has 1 aromatic rings. The van der Waals surface area contributed by atoms with Gasteiger partial charge in [-0.2, -0.15) is 0 Å². The van der Waals surface area contributed by atoms with Gasteiger partial charge in [0.15, 0.2) is 11.8 Å². The van der Waals surface area contributed by atoms with E-state index in [0.29, 0.717) is 0 Å². The maximum Gasteiger partial charge on any atom is 0.197 e. The lowest BCUT2D eigenvalue weighted by Crippen LogP contribution is -1.88. The molecule has 2 N–H and O–H groups in total.